The van der Waals surface area contributed by atoms with Crippen molar-refractivity contribution >= 4 is 15.9 Å². The molecule has 0 aliphatic carbocycles. The Balaban J connectivity index is 2.26. The van der Waals surface area contributed by atoms with E-state index in [-0.39, 0.29) is 13.2 Å². The van der Waals surface area contributed by atoms with Gasteiger partial charge in [0.2, 0.25) is 0 Å². The molecule has 4 nitrogen and oxygen atoms in total. The van der Waals surface area contributed by atoms with E-state index in [2.05, 4.69) is 22.0 Å². The number of aliphatic hydroxyl groups is 1. The van der Waals surface area contributed by atoms with E-state index in [0.29, 0.717) is 21.5 Å². The van der Waals surface area contributed by atoms with Gasteiger partial charge in [-0.3, -0.25) is 0 Å². The summed E-state index contributed by atoms with van der Waals surface area (Å²) in [5.74, 6) is 1.07. The number of nitriles is 1. The minimum atomic E-state index is -0.0769. The largest absolute Gasteiger partial charge is 0.493 e. The number of methoxy groups -OCH3 is 1. The lowest BCUT2D eigenvalue weighted by Crippen LogP contribution is -2.01. The molecule has 0 amide bonds. The third kappa shape index (κ3) is 3.54. The number of hydrogen-bond donors (Lipinski definition) is 1. The number of nitrogens with zero attached hydrogens (tertiary/aromatic N) is 1. The molecule has 0 radical (unpaired) electrons. The van der Waals surface area contributed by atoms with Gasteiger partial charge in [0.25, 0.3) is 0 Å². The Labute approximate surface area is 131 Å². The predicted molar refractivity (Wildman–Crippen MR) is 82.1 cm³/mol. The maximum absolute atomic E-state index is 9.20. The zero-order valence-electron chi connectivity index (χ0n) is 11.5. The predicted octanol–water partition coefficient (Wildman–Crippen LogP) is 3.40. The van der Waals surface area contributed by atoms with E-state index in [1.54, 1.807) is 25.3 Å². The minimum absolute atomic E-state index is 0.0769. The number of aliphatic hydroxyl groups excluding tert-OH is 1. The second-order valence-electron chi connectivity index (χ2n) is 4.32. The van der Waals surface area contributed by atoms with Crippen molar-refractivity contribution in [3.63, 3.8) is 0 Å². The quantitative estimate of drug-likeness (QED) is 0.900. The summed E-state index contributed by atoms with van der Waals surface area (Å²) < 4.78 is 11.8. The number of rotatable bonds is 5. The average Bonchev–Trinajstić information content (AvgIpc) is 2.53. The number of ether oxygens (including phenoxy) is 2. The van der Waals surface area contributed by atoms with Crippen LogP contribution in [-0.4, -0.2) is 12.2 Å². The lowest BCUT2D eigenvalue weighted by molar-refractivity contribution is 0.273. The van der Waals surface area contributed by atoms with Crippen molar-refractivity contribution in [2.24, 2.45) is 0 Å². The Kier molecular flexibility index (Phi) is 5.20. The summed E-state index contributed by atoms with van der Waals surface area (Å²) in [6.07, 6.45) is 0. The smallest absolute Gasteiger partial charge is 0.175 e. The molecule has 2 aromatic carbocycles. The van der Waals surface area contributed by atoms with Crippen molar-refractivity contribution < 1.29 is 14.6 Å². The highest BCUT2D eigenvalue weighted by Crippen LogP contribution is 2.37. The van der Waals surface area contributed by atoms with Crippen LogP contribution in [0.2, 0.25) is 0 Å². The van der Waals surface area contributed by atoms with Gasteiger partial charge >= 0.3 is 0 Å². The van der Waals surface area contributed by atoms with Crippen LogP contribution < -0.4 is 9.47 Å². The van der Waals surface area contributed by atoms with Gasteiger partial charge in [0.05, 0.1) is 29.8 Å². The SMILES string of the molecule is COc1cc(CO)cc(Br)c1OCc1ccccc1C#N. The highest BCUT2D eigenvalue weighted by atomic mass is 79.9. The first kappa shape index (κ1) is 15.4. The van der Waals surface area contributed by atoms with Crippen LogP contribution >= 0.6 is 15.9 Å². The fourth-order valence-electron chi connectivity index (χ4n) is 1.91. The van der Waals surface area contributed by atoms with Gasteiger partial charge < -0.3 is 14.6 Å². The average molecular weight is 348 g/mol. The van der Waals surface area contributed by atoms with Crippen LogP contribution in [0.4, 0.5) is 0 Å². The van der Waals surface area contributed by atoms with Gasteiger partial charge in [-0.05, 0) is 39.7 Å². The van der Waals surface area contributed by atoms with Crippen LogP contribution in [0, 0.1) is 11.3 Å². The molecule has 0 saturated heterocycles. The van der Waals surface area contributed by atoms with Crippen molar-refractivity contribution in [3.8, 4) is 17.6 Å². The molecule has 0 aromatic heterocycles. The first-order valence-electron chi connectivity index (χ1n) is 6.27. The van der Waals surface area contributed by atoms with E-state index >= 15 is 0 Å². The number of benzene rings is 2. The molecule has 0 fully saturated rings. The van der Waals surface area contributed by atoms with Gasteiger partial charge in [0.1, 0.15) is 6.61 Å². The molecule has 0 aliphatic rings. The normalized spacial score (nSPS) is 10.0. The van der Waals surface area contributed by atoms with Crippen LogP contribution in [0.3, 0.4) is 0 Å². The molecule has 1 N–H and O–H groups in total. The zero-order valence-corrected chi connectivity index (χ0v) is 13.1. The molecule has 5 heteroatoms. The monoisotopic (exact) mass is 347 g/mol. The van der Waals surface area contributed by atoms with Gasteiger partial charge in [-0.15, -0.1) is 0 Å². The number of halogens is 1. The summed E-state index contributed by atoms with van der Waals surface area (Å²) in [5, 5.41) is 18.3. The Bertz CT molecular complexity index is 680. The molecule has 2 rings (SSSR count). The summed E-state index contributed by atoms with van der Waals surface area (Å²) in [6.45, 7) is 0.184. The summed E-state index contributed by atoms with van der Waals surface area (Å²) in [5.41, 5.74) is 2.11. The van der Waals surface area contributed by atoms with Crippen LogP contribution in [0.5, 0.6) is 11.5 Å². The summed E-state index contributed by atoms with van der Waals surface area (Å²) in [4.78, 5) is 0. The zero-order chi connectivity index (χ0) is 15.2. The van der Waals surface area contributed by atoms with Gasteiger partial charge in [0.15, 0.2) is 11.5 Å². The van der Waals surface area contributed by atoms with Gasteiger partial charge in [-0.1, -0.05) is 18.2 Å². The molecule has 0 saturated carbocycles. The van der Waals surface area contributed by atoms with Crippen LogP contribution in [0.15, 0.2) is 40.9 Å². The minimum Gasteiger partial charge on any atom is -0.493 e. The lowest BCUT2D eigenvalue weighted by atomic mass is 10.1. The fraction of sp³-hybridized carbons (Fsp3) is 0.188. The van der Waals surface area contributed by atoms with Crippen LogP contribution in [0.1, 0.15) is 16.7 Å². The van der Waals surface area contributed by atoms with Crippen molar-refractivity contribution in [1.82, 2.24) is 0 Å². The summed E-state index contributed by atoms with van der Waals surface area (Å²) in [7, 11) is 1.54. The molecule has 0 aliphatic heterocycles. The fourth-order valence-corrected chi connectivity index (χ4v) is 2.51. The molecule has 0 bridgehead atoms. The maximum Gasteiger partial charge on any atom is 0.175 e. The van der Waals surface area contributed by atoms with E-state index in [9.17, 15) is 5.11 Å². The van der Waals surface area contributed by atoms with Crippen molar-refractivity contribution in [2.75, 3.05) is 7.11 Å². The van der Waals surface area contributed by atoms with Crippen molar-refractivity contribution in [3.05, 3.63) is 57.6 Å². The second kappa shape index (κ2) is 7.11. The third-order valence-electron chi connectivity index (χ3n) is 2.98. The first-order valence-corrected chi connectivity index (χ1v) is 7.07. The summed E-state index contributed by atoms with van der Waals surface area (Å²) >= 11 is 3.41. The van der Waals surface area contributed by atoms with Crippen molar-refractivity contribution in [2.45, 2.75) is 13.2 Å². The topological polar surface area (TPSA) is 62.5 Å². The first-order chi connectivity index (χ1) is 10.2. The second-order valence-corrected chi connectivity index (χ2v) is 5.18. The Morgan fingerprint density at radius 2 is 2.05 bits per heavy atom. The van der Waals surface area contributed by atoms with Crippen LogP contribution in [0.25, 0.3) is 0 Å². The van der Waals surface area contributed by atoms with Gasteiger partial charge in [-0.2, -0.15) is 5.26 Å². The molecule has 0 spiro atoms. The third-order valence-corrected chi connectivity index (χ3v) is 3.57. The molecular weight excluding hydrogens is 334 g/mol. The summed E-state index contributed by atoms with van der Waals surface area (Å²) in [6, 6.07) is 12.9. The van der Waals surface area contributed by atoms with E-state index in [0.717, 1.165) is 11.1 Å². The number of hydrogen-bond acceptors (Lipinski definition) is 4. The van der Waals surface area contributed by atoms with Gasteiger partial charge in [0, 0.05) is 5.56 Å². The maximum atomic E-state index is 9.20. The van der Waals surface area contributed by atoms with E-state index in [1.807, 2.05) is 18.2 Å². The molecular formula is C16H14BrNO3. The molecule has 0 unspecified atom stereocenters. The van der Waals surface area contributed by atoms with Crippen molar-refractivity contribution in [1.29, 1.82) is 5.26 Å². The lowest BCUT2D eigenvalue weighted by Gasteiger charge is -2.14. The van der Waals surface area contributed by atoms with E-state index in [4.69, 9.17) is 14.7 Å². The molecule has 21 heavy (non-hydrogen) atoms. The Hall–Kier alpha value is -2.03. The molecule has 108 valence electrons. The highest BCUT2D eigenvalue weighted by Gasteiger charge is 2.12. The highest BCUT2D eigenvalue weighted by molar-refractivity contribution is 9.10. The molecule has 2 aromatic rings. The Morgan fingerprint density at radius 3 is 2.71 bits per heavy atom. The van der Waals surface area contributed by atoms with Crippen LogP contribution in [-0.2, 0) is 13.2 Å². The van der Waals surface area contributed by atoms with E-state index in [1.165, 1.54) is 0 Å². The molecule has 0 atom stereocenters. The van der Waals surface area contributed by atoms with E-state index < -0.39 is 0 Å². The standard InChI is InChI=1S/C16H14BrNO3/c1-20-15-7-11(9-19)6-14(17)16(15)21-10-13-5-3-2-4-12(13)8-18/h2-7,19H,9-10H2,1H3. The van der Waals surface area contributed by atoms with Gasteiger partial charge in [-0.25, -0.2) is 0 Å². The Morgan fingerprint density at radius 1 is 1.29 bits per heavy atom. The molecule has 0 heterocycles.